The van der Waals surface area contributed by atoms with Gasteiger partial charge in [0.2, 0.25) is 11.8 Å². The van der Waals surface area contributed by atoms with Crippen LogP contribution in [-0.4, -0.2) is 40.4 Å². The van der Waals surface area contributed by atoms with Crippen molar-refractivity contribution in [2.45, 2.75) is 83.5 Å². The molecule has 160 valence electrons. The molecule has 5 nitrogen and oxygen atoms in total. The molecular formula is C23H34ClN3O2. The Morgan fingerprint density at radius 3 is 2.34 bits per heavy atom. The van der Waals surface area contributed by atoms with E-state index < -0.39 is 0 Å². The van der Waals surface area contributed by atoms with E-state index in [-0.39, 0.29) is 36.4 Å². The fourth-order valence-electron chi connectivity index (χ4n) is 4.96. The highest BCUT2D eigenvalue weighted by molar-refractivity contribution is 6.30. The number of halogens is 1. The van der Waals surface area contributed by atoms with Crippen molar-refractivity contribution in [3.8, 4) is 0 Å². The van der Waals surface area contributed by atoms with Gasteiger partial charge >= 0.3 is 0 Å². The van der Waals surface area contributed by atoms with Crippen LogP contribution in [0.4, 0.5) is 0 Å². The number of hydrogen-bond acceptors (Lipinski definition) is 3. The first-order chi connectivity index (χ1) is 13.9. The van der Waals surface area contributed by atoms with Gasteiger partial charge in [-0.25, -0.2) is 0 Å². The summed E-state index contributed by atoms with van der Waals surface area (Å²) < 4.78 is 0. The van der Waals surface area contributed by atoms with Crippen LogP contribution in [0.15, 0.2) is 24.3 Å². The zero-order chi connectivity index (χ0) is 21.0. The maximum atomic E-state index is 13.3. The molecule has 1 saturated heterocycles. The van der Waals surface area contributed by atoms with Gasteiger partial charge in [0.05, 0.1) is 6.17 Å². The van der Waals surface area contributed by atoms with Gasteiger partial charge in [0.25, 0.3) is 0 Å². The summed E-state index contributed by atoms with van der Waals surface area (Å²) in [6.07, 6.45) is 7.99. The molecule has 2 N–H and O–H groups in total. The Kier molecular flexibility index (Phi) is 7.58. The van der Waals surface area contributed by atoms with E-state index in [9.17, 15) is 9.59 Å². The molecule has 6 heteroatoms. The third-order valence-electron chi connectivity index (χ3n) is 6.35. The van der Waals surface area contributed by atoms with Crippen LogP contribution in [0.5, 0.6) is 0 Å². The van der Waals surface area contributed by atoms with Crippen molar-refractivity contribution in [3.05, 3.63) is 34.9 Å². The van der Waals surface area contributed by atoms with E-state index in [1.165, 1.54) is 19.3 Å². The number of likely N-dealkylation sites (tertiary alicyclic amines) is 1. The molecule has 1 aliphatic heterocycles. The Hall–Kier alpha value is -1.59. The zero-order valence-corrected chi connectivity index (χ0v) is 18.4. The van der Waals surface area contributed by atoms with Crippen LogP contribution < -0.4 is 5.73 Å². The second-order valence-corrected chi connectivity index (χ2v) is 9.23. The highest BCUT2D eigenvalue weighted by Gasteiger charge is 2.41. The third kappa shape index (κ3) is 5.32. The molecule has 2 fully saturated rings. The first kappa shape index (κ1) is 22.1. The van der Waals surface area contributed by atoms with Crippen LogP contribution in [0.2, 0.25) is 5.02 Å². The minimum atomic E-state index is -0.324. The van der Waals surface area contributed by atoms with E-state index in [1.54, 1.807) is 0 Å². The highest BCUT2D eigenvalue weighted by atomic mass is 35.5. The summed E-state index contributed by atoms with van der Waals surface area (Å²) in [7, 11) is 0. The lowest BCUT2D eigenvalue weighted by Crippen LogP contribution is -2.55. The zero-order valence-electron chi connectivity index (χ0n) is 17.6. The number of primary amides is 1. The lowest BCUT2D eigenvalue weighted by Gasteiger charge is -2.45. The number of rotatable bonds is 7. The number of nitrogens with two attached hydrogens (primary N) is 1. The van der Waals surface area contributed by atoms with E-state index in [2.05, 4.69) is 9.80 Å². The number of benzene rings is 1. The molecule has 2 aliphatic rings. The molecule has 0 radical (unpaired) electrons. The van der Waals surface area contributed by atoms with Gasteiger partial charge in [0.1, 0.15) is 0 Å². The topological polar surface area (TPSA) is 66.6 Å². The average molecular weight is 420 g/mol. The number of carbonyl (C=O) groups excluding carboxylic acids is 2. The summed E-state index contributed by atoms with van der Waals surface area (Å²) >= 11 is 6.08. The Labute approximate surface area is 179 Å². The fraction of sp³-hybridized carbons (Fsp3) is 0.652. The van der Waals surface area contributed by atoms with Gasteiger partial charge in [-0.2, -0.15) is 0 Å². The SMILES string of the molecule is CC(C)C(=O)N(C1CCCCC1)C1CCCN1[C@@H](CC(N)=O)c1ccc(Cl)cc1. The van der Waals surface area contributed by atoms with E-state index in [0.717, 1.165) is 37.8 Å². The molecule has 0 aromatic heterocycles. The van der Waals surface area contributed by atoms with Gasteiger partial charge in [-0.05, 0) is 43.4 Å². The maximum Gasteiger partial charge on any atom is 0.226 e. The number of hydrogen-bond donors (Lipinski definition) is 1. The molecule has 1 aromatic rings. The first-order valence-corrected chi connectivity index (χ1v) is 11.4. The molecule has 1 unspecified atom stereocenters. The highest BCUT2D eigenvalue weighted by Crippen LogP contribution is 2.37. The van der Waals surface area contributed by atoms with Gasteiger partial charge in [0, 0.05) is 36.0 Å². The number of carbonyl (C=O) groups is 2. The standard InChI is InChI=1S/C23H34ClN3O2/c1-16(2)23(29)27(19-7-4-3-5-8-19)22-9-6-14-26(22)20(15-21(25)28)17-10-12-18(24)13-11-17/h10-13,16,19-20,22H,3-9,14-15H2,1-2H3,(H2,25,28)/t20-,22?/m0/s1. The van der Waals surface area contributed by atoms with Crippen molar-refractivity contribution in [2.24, 2.45) is 11.7 Å². The lowest BCUT2D eigenvalue weighted by atomic mass is 9.92. The van der Waals surface area contributed by atoms with Crippen molar-refractivity contribution in [3.63, 3.8) is 0 Å². The maximum absolute atomic E-state index is 13.3. The van der Waals surface area contributed by atoms with Crippen molar-refractivity contribution >= 4 is 23.4 Å². The molecule has 2 amide bonds. The van der Waals surface area contributed by atoms with Gasteiger partial charge in [-0.15, -0.1) is 0 Å². The Morgan fingerprint density at radius 1 is 1.10 bits per heavy atom. The predicted octanol–water partition coefficient (Wildman–Crippen LogP) is 4.50. The van der Waals surface area contributed by atoms with Gasteiger partial charge in [0.15, 0.2) is 0 Å². The van der Waals surface area contributed by atoms with Crippen LogP contribution >= 0.6 is 11.6 Å². The molecule has 1 aliphatic carbocycles. The van der Waals surface area contributed by atoms with E-state index in [4.69, 9.17) is 17.3 Å². The summed E-state index contributed by atoms with van der Waals surface area (Å²) in [6.45, 7) is 4.83. The summed E-state index contributed by atoms with van der Waals surface area (Å²) in [6, 6.07) is 7.82. The molecule has 29 heavy (non-hydrogen) atoms. The minimum absolute atomic E-state index is 0.0213. The number of amides is 2. The largest absolute Gasteiger partial charge is 0.370 e. The monoisotopic (exact) mass is 419 g/mol. The van der Waals surface area contributed by atoms with Crippen LogP contribution in [0.3, 0.4) is 0 Å². The molecule has 1 saturated carbocycles. The van der Waals surface area contributed by atoms with Gasteiger partial charge in [-0.1, -0.05) is 56.8 Å². The average Bonchev–Trinajstić information content (AvgIpc) is 3.16. The molecule has 0 bridgehead atoms. The van der Waals surface area contributed by atoms with Crippen LogP contribution in [-0.2, 0) is 9.59 Å². The second kappa shape index (κ2) is 9.94. The first-order valence-electron chi connectivity index (χ1n) is 11.0. The van der Waals surface area contributed by atoms with Crippen LogP contribution in [0.1, 0.15) is 76.8 Å². The summed E-state index contributed by atoms with van der Waals surface area (Å²) in [4.78, 5) is 29.7. The molecule has 1 heterocycles. The number of nitrogens with zero attached hydrogens (tertiary/aromatic N) is 2. The molecule has 2 atom stereocenters. The predicted molar refractivity (Wildman–Crippen MR) is 116 cm³/mol. The Morgan fingerprint density at radius 2 is 1.76 bits per heavy atom. The Bertz CT molecular complexity index is 701. The van der Waals surface area contributed by atoms with E-state index >= 15 is 0 Å². The van der Waals surface area contributed by atoms with Crippen molar-refractivity contribution in [2.75, 3.05) is 6.54 Å². The molecule has 0 spiro atoms. The van der Waals surface area contributed by atoms with E-state index in [1.807, 2.05) is 38.1 Å². The fourth-order valence-corrected chi connectivity index (χ4v) is 5.09. The summed E-state index contributed by atoms with van der Waals surface area (Å²) in [5.74, 6) is -0.137. The molecular weight excluding hydrogens is 386 g/mol. The quantitative estimate of drug-likeness (QED) is 0.707. The van der Waals surface area contributed by atoms with Crippen molar-refractivity contribution < 1.29 is 9.59 Å². The summed E-state index contributed by atoms with van der Waals surface area (Å²) in [5.41, 5.74) is 6.66. The van der Waals surface area contributed by atoms with Crippen LogP contribution in [0, 0.1) is 5.92 Å². The third-order valence-corrected chi connectivity index (χ3v) is 6.60. The van der Waals surface area contributed by atoms with Gasteiger partial charge in [-0.3, -0.25) is 14.5 Å². The van der Waals surface area contributed by atoms with Crippen molar-refractivity contribution in [1.29, 1.82) is 0 Å². The van der Waals surface area contributed by atoms with Gasteiger partial charge < -0.3 is 10.6 Å². The molecule has 3 rings (SSSR count). The van der Waals surface area contributed by atoms with E-state index in [0.29, 0.717) is 11.1 Å². The lowest BCUT2D eigenvalue weighted by molar-refractivity contribution is -0.146. The van der Waals surface area contributed by atoms with Crippen molar-refractivity contribution in [1.82, 2.24) is 9.80 Å². The minimum Gasteiger partial charge on any atom is -0.370 e. The summed E-state index contributed by atoms with van der Waals surface area (Å²) in [5, 5.41) is 0.670. The second-order valence-electron chi connectivity index (χ2n) is 8.79. The Balaban J connectivity index is 1.93. The molecule has 1 aromatic carbocycles. The smallest absolute Gasteiger partial charge is 0.226 e. The van der Waals surface area contributed by atoms with Crippen LogP contribution in [0.25, 0.3) is 0 Å². The normalized spacial score (nSPS) is 22.0.